The molecule has 1 N–H and O–H groups in total. The zero-order chi connectivity index (χ0) is 11.5. The summed E-state index contributed by atoms with van der Waals surface area (Å²) in [6.07, 6.45) is 3.72. The molecule has 1 atom stereocenters. The van der Waals surface area contributed by atoms with E-state index in [0.29, 0.717) is 6.04 Å². The highest BCUT2D eigenvalue weighted by Crippen LogP contribution is 2.33. The minimum atomic E-state index is -0.467. The molecule has 16 heavy (non-hydrogen) atoms. The van der Waals surface area contributed by atoms with Crippen LogP contribution in [0.15, 0.2) is 18.2 Å². The molecule has 88 valence electrons. The first-order chi connectivity index (χ1) is 7.66. The third-order valence-electron chi connectivity index (χ3n) is 3.07. The van der Waals surface area contributed by atoms with E-state index in [1.165, 1.54) is 31.0 Å². The SMILES string of the molecule is CC(CC1CC1)NCc1c(F)cccc1F. The first-order valence-corrected chi connectivity index (χ1v) is 5.83. The Bertz CT molecular complexity index is 341. The van der Waals surface area contributed by atoms with Crippen LogP contribution >= 0.6 is 0 Å². The van der Waals surface area contributed by atoms with Crippen LogP contribution in [-0.4, -0.2) is 6.04 Å². The van der Waals surface area contributed by atoms with Crippen molar-refractivity contribution in [3.8, 4) is 0 Å². The Morgan fingerprint density at radius 3 is 2.50 bits per heavy atom. The van der Waals surface area contributed by atoms with Crippen molar-refractivity contribution in [3.63, 3.8) is 0 Å². The number of hydrogen-bond acceptors (Lipinski definition) is 1. The van der Waals surface area contributed by atoms with Crippen LogP contribution in [0.5, 0.6) is 0 Å². The second-order valence-corrected chi connectivity index (χ2v) is 4.66. The van der Waals surface area contributed by atoms with E-state index in [0.717, 1.165) is 12.3 Å². The van der Waals surface area contributed by atoms with Crippen molar-refractivity contribution in [3.05, 3.63) is 35.4 Å². The van der Waals surface area contributed by atoms with Crippen LogP contribution in [-0.2, 0) is 6.54 Å². The van der Waals surface area contributed by atoms with E-state index in [9.17, 15) is 8.78 Å². The maximum absolute atomic E-state index is 13.3. The lowest BCUT2D eigenvalue weighted by Gasteiger charge is -2.13. The molecule has 1 unspecified atom stereocenters. The summed E-state index contributed by atoms with van der Waals surface area (Å²) < 4.78 is 26.6. The van der Waals surface area contributed by atoms with Crippen LogP contribution in [0, 0.1) is 17.6 Å². The van der Waals surface area contributed by atoms with Crippen molar-refractivity contribution in [2.24, 2.45) is 5.92 Å². The zero-order valence-corrected chi connectivity index (χ0v) is 9.47. The van der Waals surface area contributed by atoms with E-state index in [2.05, 4.69) is 12.2 Å². The van der Waals surface area contributed by atoms with Crippen LogP contribution in [0.2, 0.25) is 0 Å². The molecule has 1 aromatic carbocycles. The van der Waals surface area contributed by atoms with Gasteiger partial charge in [-0.15, -0.1) is 0 Å². The number of rotatable bonds is 5. The van der Waals surface area contributed by atoms with Gasteiger partial charge in [0.05, 0.1) is 0 Å². The summed E-state index contributed by atoms with van der Waals surface area (Å²) in [5.74, 6) is -0.106. The molecule has 0 radical (unpaired) electrons. The van der Waals surface area contributed by atoms with E-state index in [4.69, 9.17) is 0 Å². The predicted molar refractivity (Wildman–Crippen MR) is 60.0 cm³/mol. The second kappa shape index (κ2) is 4.91. The van der Waals surface area contributed by atoms with Gasteiger partial charge in [-0.1, -0.05) is 18.9 Å². The van der Waals surface area contributed by atoms with Crippen molar-refractivity contribution < 1.29 is 8.78 Å². The number of hydrogen-bond donors (Lipinski definition) is 1. The number of halogens is 2. The Hall–Kier alpha value is -0.960. The second-order valence-electron chi connectivity index (χ2n) is 4.66. The van der Waals surface area contributed by atoms with Crippen LogP contribution in [0.1, 0.15) is 31.7 Å². The molecule has 3 heteroatoms. The van der Waals surface area contributed by atoms with Crippen molar-refractivity contribution >= 4 is 0 Å². The van der Waals surface area contributed by atoms with Gasteiger partial charge in [0.1, 0.15) is 11.6 Å². The third kappa shape index (κ3) is 3.01. The van der Waals surface area contributed by atoms with Crippen LogP contribution in [0.25, 0.3) is 0 Å². The lowest BCUT2D eigenvalue weighted by molar-refractivity contribution is 0.465. The summed E-state index contributed by atoms with van der Waals surface area (Å²) in [6.45, 7) is 2.34. The highest BCUT2D eigenvalue weighted by Gasteiger charge is 2.23. The highest BCUT2D eigenvalue weighted by atomic mass is 19.1. The Labute approximate surface area is 94.9 Å². The molecule has 1 nitrogen and oxygen atoms in total. The Morgan fingerprint density at radius 2 is 1.94 bits per heavy atom. The Morgan fingerprint density at radius 1 is 1.31 bits per heavy atom. The van der Waals surface area contributed by atoms with E-state index in [1.54, 1.807) is 0 Å². The quantitative estimate of drug-likeness (QED) is 0.811. The molecule has 1 aliphatic carbocycles. The molecule has 2 rings (SSSR count). The van der Waals surface area contributed by atoms with Crippen LogP contribution < -0.4 is 5.32 Å². The molecule has 1 aliphatic rings. The summed E-state index contributed by atoms with van der Waals surface area (Å²) in [7, 11) is 0. The fourth-order valence-corrected chi connectivity index (χ4v) is 1.91. The minimum Gasteiger partial charge on any atom is -0.310 e. The molecule has 0 amide bonds. The molecule has 1 aromatic rings. The molecular weight excluding hydrogens is 208 g/mol. The summed E-state index contributed by atoms with van der Waals surface area (Å²) in [4.78, 5) is 0. The standard InChI is InChI=1S/C13H17F2N/c1-9(7-10-5-6-10)16-8-11-12(14)3-2-4-13(11)15/h2-4,9-10,16H,5-8H2,1H3. The molecular formula is C13H17F2N. The molecule has 0 heterocycles. The lowest BCUT2D eigenvalue weighted by Crippen LogP contribution is -2.26. The fraction of sp³-hybridized carbons (Fsp3) is 0.538. The topological polar surface area (TPSA) is 12.0 Å². The molecule has 0 aliphatic heterocycles. The van der Waals surface area contributed by atoms with Gasteiger partial charge in [0, 0.05) is 18.2 Å². The molecule has 0 bridgehead atoms. The molecule has 0 saturated heterocycles. The summed E-state index contributed by atoms with van der Waals surface area (Å²) >= 11 is 0. The van der Waals surface area contributed by atoms with Crippen molar-refractivity contribution in [1.29, 1.82) is 0 Å². The van der Waals surface area contributed by atoms with Gasteiger partial charge in [0.25, 0.3) is 0 Å². The molecule has 0 aromatic heterocycles. The molecule has 1 fully saturated rings. The largest absolute Gasteiger partial charge is 0.310 e. The van der Waals surface area contributed by atoms with Gasteiger partial charge >= 0.3 is 0 Å². The summed E-state index contributed by atoms with van der Waals surface area (Å²) in [5, 5.41) is 3.17. The summed E-state index contributed by atoms with van der Waals surface area (Å²) in [5.41, 5.74) is 0.144. The fourth-order valence-electron chi connectivity index (χ4n) is 1.91. The van der Waals surface area contributed by atoms with Crippen molar-refractivity contribution in [2.45, 2.75) is 38.8 Å². The van der Waals surface area contributed by atoms with Crippen molar-refractivity contribution in [2.75, 3.05) is 0 Å². The van der Waals surface area contributed by atoms with E-state index < -0.39 is 11.6 Å². The third-order valence-corrected chi connectivity index (χ3v) is 3.07. The van der Waals surface area contributed by atoms with Gasteiger partial charge in [-0.3, -0.25) is 0 Å². The van der Waals surface area contributed by atoms with Crippen LogP contribution in [0.3, 0.4) is 0 Å². The maximum atomic E-state index is 13.3. The Kier molecular flexibility index (Phi) is 3.54. The normalized spacial score (nSPS) is 17.4. The lowest BCUT2D eigenvalue weighted by atomic mass is 10.1. The summed E-state index contributed by atoms with van der Waals surface area (Å²) in [6, 6.07) is 4.31. The smallest absolute Gasteiger partial charge is 0.130 e. The highest BCUT2D eigenvalue weighted by molar-refractivity contribution is 5.19. The van der Waals surface area contributed by atoms with Gasteiger partial charge in [-0.05, 0) is 31.4 Å². The van der Waals surface area contributed by atoms with Crippen LogP contribution in [0.4, 0.5) is 8.78 Å². The first-order valence-electron chi connectivity index (χ1n) is 5.83. The zero-order valence-electron chi connectivity index (χ0n) is 9.47. The van der Waals surface area contributed by atoms with E-state index in [-0.39, 0.29) is 12.1 Å². The minimum absolute atomic E-state index is 0.144. The first kappa shape index (κ1) is 11.5. The Balaban J connectivity index is 1.87. The monoisotopic (exact) mass is 225 g/mol. The van der Waals surface area contributed by atoms with E-state index >= 15 is 0 Å². The molecule has 0 spiro atoms. The van der Waals surface area contributed by atoms with Gasteiger partial charge in [0.2, 0.25) is 0 Å². The number of nitrogens with one attached hydrogen (secondary N) is 1. The van der Waals surface area contributed by atoms with Gasteiger partial charge in [-0.2, -0.15) is 0 Å². The maximum Gasteiger partial charge on any atom is 0.130 e. The van der Waals surface area contributed by atoms with Gasteiger partial charge in [0.15, 0.2) is 0 Å². The average molecular weight is 225 g/mol. The number of benzene rings is 1. The van der Waals surface area contributed by atoms with E-state index in [1.807, 2.05) is 0 Å². The van der Waals surface area contributed by atoms with Gasteiger partial charge in [-0.25, -0.2) is 8.78 Å². The predicted octanol–water partition coefficient (Wildman–Crippen LogP) is 3.24. The average Bonchev–Trinajstić information content (AvgIpc) is 3.01. The van der Waals surface area contributed by atoms with Crippen molar-refractivity contribution in [1.82, 2.24) is 5.32 Å². The molecule has 1 saturated carbocycles. The van der Waals surface area contributed by atoms with Gasteiger partial charge < -0.3 is 5.32 Å².